The molecule has 18 nitrogen and oxygen atoms in total. The lowest BCUT2D eigenvalue weighted by Crippen LogP contribution is -2.46. The molecule has 3 aromatic heterocycles. The van der Waals surface area contributed by atoms with Gasteiger partial charge >= 0.3 is 0 Å². The van der Waals surface area contributed by atoms with Crippen LogP contribution < -0.4 is 31.5 Å². The molecule has 0 atom stereocenters. The minimum absolute atomic E-state index is 0.0607. The topological polar surface area (TPSA) is 200 Å². The van der Waals surface area contributed by atoms with Gasteiger partial charge in [0.05, 0.1) is 53.5 Å². The summed E-state index contributed by atoms with van der Waals surface area (Å²) in [5.41, 5.74) is 6.38. The summed E-state index contributed by atoms with van der Waals surface area (Å²) in [6, 6.07) is 24.3. The molecular formula is C54H62ClFN14O4. The highest BCUT2D eigenvalue weighted by Gasteiger charge is 2.24. The molecule has 0 aliphatic carbocycles. The van der Waals surface area contributed by atoms with Crippen LogP contribution in [0.3, 0.4) is 0 Å². The number of piperazine rings is 1. The number of hydrogen-bond donors (Lipinski definition) is 5. The summed E-state index contributed by atoms with van der Waals surface area (Å²) < 4.78 is 19.3. The Balaban J connectivity index is 0.661. The molecule has 0 unspecified atom stereocenters. The fourth-order valence-electron chi connectivity index (χ4n) is 9.94. The van der Waals surface area contributed by atoms with Gasteiger partial charge in [0.25, 0.3) is 5.91 Å². The molecule has 5 N–H and O–H groups in total. The molecule has 5 heterocycles. The van der Waals surface area contributed by atoms with Gasteiger partial charge in [-0.3, -0.25) is 33.5 Å². The van der Waals surface area contributed by atoms with E-state index in [0.29, 0.717) is 82.2 Å². The van der Waals surface area contributed by atoms with Crippen LogP contribution in [0.1, 0.15) is 48.2 Å². The molecule has 2 saturated heterocycles. The normalized spacial score (nSPS) is 14.6. The lowest BCUT2D eigenvalue weighted by molar-refractivity contribution is -0.123. The van der Waals surface area contributed by atoms with E-state index in [1.807, 2.05) is 54.1 Å². The number of anilines is 5. The Bertz CT molecular complexity index is 3110. The number of rotatable bonds is 21. The number of nitrogens with one attached hydrogen (secondary N) is 5. The zero-order valence-electron chi connectivity index (χ0n) is 41.7. The Morgan fingerprint density at radius 2 is 1.58 bits per heavy atom. The van der Waals surface area contributed by atoms with E-state index < -0.39 is 0 Å². The van der Waals surface area contributed by atoms with Crippen LogP contribution >= 0.6 is 11.6 Å². The average Bonchev–Trinajstić information content (AvgIpc) is 3.96. The van der Waals surface area contributed by atoms with Gasteiger partial charge in [-0.15, -0.1) is 0 Å². The van der Waals surface area contributed by atoms with Crippen LogP contribution in [0.2, 0.25) is 5.02 Å². The van der Waals surface area contributed by atoms with Crippen molar-refractivity contribution in [3.05, 3.63) is 113 Å². The number of fused-ring (bicyclic) bond motifs is 2. The van der Waals surface area contributed by atoms with E-state index in [0.717, 1.165) is 106 Å². The van der Waals surface area contributed by atoms with Crippen LogP contribution in [0.25, 0.3) is 32.9 Å². The fraction of sp³-hybridized carbons (Fsp3) is 0.370. The van der Waals surface area contributed by atoms with E-state index in [-0.39, 0.29) is 36.6 Å². The predicted octanol–water partition coefficient (Wildman–Crippen LogP) is 6.93. The molecule has 0 saturated carbocycles. The molecule has 2 aliphatic heterocycles. The first-order valence-electron chi connectivity index (χ1n) is 25.3. The van der Waals surface area contributed by atoms with Gasteiger partial charge in [-0.2, -0.15) is 15.2 Å². The molecule has 386 valence electrons. The van der Waals surface area contributed by atoms with Crippen molar-refractivity contribution >= 4 is 86.2 Å². The zero-order valence-corrected chi connectivity index (χ0v) is 42.5. The van der Waals surface area contributed by atoms with E-state index in [1.165, 1.54) is 12.3 Å². The Morgan fingerprint density at radius 3 is 2.36 bits per heavy atom. The first-order valence-corrected chi connectivity index (χ1v) is 25.7. The highest BCUT2D eigenvalue weighted by atomic mass is 35.5. The Morgan fingerprint density at radius 1 is 0.797 bits per heavy atom. The number of amides is 3. The third kappa shape index (κ3) is 12.5. The van der Waals surface area contributed by atoms with Crippen molar-refractivity contribution in [1.82, 2.24) is 55.3 Å². The minimum Gasteiger partial charge on any atom is -0.369 e. The second-order valence-electron chi connectivity index (χ2n) is 18.9. The molecule has 4 aromatic carbocycles. The molecule has 0 radical (unpaired) electrons. The molecule has 3 amide bonds. The Kier molecular flexibility index (Phi) is 16.7. The molecule has 7 aromatic rings. The summed E-state index contributed by atoms with van der Waals surface area (Å²) in [5.74, 6) is 0.261. The monoisotopic (exact) mass is 1020 g/mol. The van der Waals surface area contributed by atoms with Gasteiger partial charge in [0, 0.05) is 74.0 Å². The molecule has 9 rings (SSSR count). The first kappa shape index (κ1) is 51.4. The SMILES string of the molecule is CNC(=O)c1ccccc1Nc1nc(Nc2ccc(N3CCN(CCCCCNC(=O)CN4CCC(Cn5ncc6cc(F)c(-c7cccc8c7c(C)nn8CC(=O)NCC=O)cc65)CC4)CC3)cc2)ncc1Cl. The van der Waals surface area contributed by atoms with E-state index in [2.05, 4.69) is 73.6 Å². The van der Waals surface area contributed by atoms with Crippen molar-refractivity contribution in [2.45, 2.75) is 52.1 Å². The van der Waals surface area contributed by atoms with E-state index in [1.54, 1.807) is 36.1 Å². The maximum atomic E-state index is 15.8. The number of benzene rings is 4. The Hall–Kier alpha value is -7.48. The summed E-state index contributed by atoms with van der Waals surface area (Å²) >= 11 is 6.42. The maximum absolute atomic E-state index is 15.8. The smallest absolute Gasteiger partial charge is 0.253 e. The second kappa shape index (κ2) is 24.0. The van der Waals surface area contributed by atoms with Crippen LogP contribution in [0.5, 0.6) is 0 Å². The third-order valence-electron chi connectivity index (χ3n) is 13.9. The van der Waals surface area contributed by atoms with Crippen LogP contribution in [-0.4, -0.2) is 136 Å². The van der Waals surface area contributed by atoms with E-state index in [9.17, 15) is 19.2 Å². The molecule has 0 spiro atoms. The number of hydrogen-bond acceptors (Lipinski definition) is 13. The maximum Gasteiger partial charge on any atom is 0.253 e. The number of piperidine rings is 1. The number of aldehydes is 1. The zero-order chi connectivity index (χ0) is 51.6. The number of aromatic nitrogens is 6. The number of unbranched alkanes of at least 4 members (excludes halogenated alkanes) is 2. The van der Waals surface area contributed by atoms with Crippen molar-refractivity contribution in [2.24, 2.45) is 5.92 Å². The molecule has 74 heavy (non-hydrogen) atoms. The van der Waals surface area contributed by atoms with Gasteiger partial charge in [0.1, 0.15) is 23.7 Å². The summed E-state index contributed by atoms with van der Waals surface area (Å²) in [6.07, 6.45) is 8.81. The number of likely N-dealkylation sites (tertiary alicyclic amines) is 1. The quantitative estimate of drug-likeness (QED) is 0.0367. The summed E-state index contributed by atoms with van der Waals surface area (Å²) in [5, 5.41) is 25.8. The predicted molar refractivity (Wildman–Crippen MR) is 287 cm³/mol. The largest absolute Gasteiger partial charge is 0.369 e. The van der Waals surface area contributed by atoms with Gasteiger partial charge in [-0.25, -0.2) is 9.37 Å². The number of para-hydroxylation sites is 1. The van der Waals surface area contributed by atoms with Crippen LogP contribution in [-0.2, 0) is 27.5 Å². The highest BCUT2D eigenvalue weighted by molar-refractivity contribution is 6.33. The molecule has 0 bridgehead atoms. The van der Waals surface area contributed by atoms with Gasteiger partial charge in [0.15, 0.2) is 5.82 Å². The van der Waals surface area contributed by atoms with Crippen molar-refractivity contribution in [3.8, 4) is 11.1 Å². The fourth-order valence-corrected chi connectivity index (χ4v) is 10.1. The number of nitrogens with zero attached hydrogens (tertiary/aromatic N) is 9. The summed E-state index contributed by atoms with van der Waals surface area (Å²) in [6.45, 7) is 10.0. The lowest BCUT2D eigenvalue weighted by Gasteiger charge is -2.36. The van der Waals surface area contributed by atoms with Crippen molar-refractivity contribution in [2.75, 3.05) is 88.0 Å². The van der Waals surface area contributed by atoms with Crippen molar-refractivity contribution in [1.29, 1.82) is 0 Å². The second-order valence-corrected chi connectivity index (χ2v) is 19.3. The van der Waals surface area contributed by atoms with Crippen molar-refractivity contribution in [3.63, 3.8) is 0 Å². The van der Waals surface area contributed by atoms with Gasteiger partial charge in [-0.05, 0) is 118 Å². The van der Waals surface area contributed by atoms with Crippen LogP contribution in [0, 0.1) is 18.7 Å². The molecular weight excluding hydrogens is 963 g/mol. The highest BCUT2D eigenvalue weighted by Crippen LogP contribution is 2.36. The van der Waals surface area contributed by atoms with E-state index in [4.69, 9.17) is 11.6 Å². The number of carbonyl (C=O) groups excluding carboxylic acids is 4. The first-order chi connectivity index (χ1) is 36.0. The standard InChI is InChI=1S/C54H62ClFN14O4/c1-36-51-41(10-8-12-47(51)70(65-36)35-50(73)59-20-28-71)43-30-48-38(29-45(43)56)31-61-69(48)33-37-17-22-67(23-18-37)34-49(72)58-19-6-3-7-21-66-24-26-68(27-25-66)40-15-13-39(14-16-40)62-54-60-32-44(55)52(64-54)63-46-11-5-4-9-42(46)53(74)57-2/h4-5,8-16,28-32,37H,3,6-7,17-27,33-35H2,1-2H3,(H,57,74)(H,58,72)(H,59,73)(H2,60,62,63,64). The average molecular weight is 1030 g/mol. The van der Waals surface area contributed by atoms with Crippen LogP contribution in [0.4, 0.5) is 33.2 Å². The Labute approximate surface area is 434 Å². The number of halogens is 2. The third-order valence-corrected chi connectivity index (χ3v) is 14.2. The number of carbonyl (C=O) groups is 4. The molecule has 2 fully saturated rings. The molecule has 2 aliphatic rings. The number of aryl methyl sites for hydroxylation is 1. The van der Waals surface area contributed by atoms with Crippen LogP contribution in [0.15, 0.2) is 91.3 Å². The summed E-state index contributed by atoms with van der Waals surface area (Å²) in [4.78, 5) is 64.5. The molecule has 20 heteroatoms. The summed E-state index contributed by atoms with van der Waals surface area (Å²) in [7, 11) is 1.58. The lowest BCUT2D eigenvalue weighted by atomic mass is 9.96. The van der Waals surface area contributed by atoms with Crippen molar-refractivity contribution < 1.29 is 23.6 Å². The van der Waals surface area contributed by atoms with Gasteiger partial charge in [0.2, 0.25) is 17.8 Å². The minimum atomic E-state index is -0.365. The van der Waals surface area contributed by atoms with E-state index >= 15 is 4.39 Å². The van der Waals surface area contributed by atoms with Gasteiger partial charge < -0.3 is 36.3 Å². The van der Waals surface area contributed by atoms with Gasteiger partial charge in [-0.1, -0.05) is 42.3 Å².